The molecule has 0 bridgehead atoms. The third kappa shape index (κ3) is 4.81. The van der Waals surface area contributed by atoms with E-state index >= 15 is 0 Å². The van der Waals surface area contributed by atoms with E-state index in [0.29, 0.717) is 12.0 Å². The van der Waals surface area contributed by atoms with Gasteiger partial charge in [0.25, 0.3) is 0 Å². The minimum absolute atomic E-state index is 0.517. The molecule has 0 aliphatic heterocycles. The highest BCUT2D eigenvalue weighted by Gasteiger charge is 2.09. The van der Waals surface area contributed by atoms with E-state index in [-0.39, 0.29) is 0 Å². The van der Waals surface area contributed by atoms with Gasteiger partial charge < -0.3 is 5.32 Å². The Morgan fingerprint density at radius 2 is 1.56 bits per heavy atom. The third-order valence-electron chi connectivity index (χ3n) is 3.70. The molecular weight excluding hydrogens is 218 g/mol. The van der Waals surface area contributed by atoms with Gasteiger partial charge in [-0.25, -0.2) is 0 Å². The predicted octanol–water partition coefficient (Wildman–Crippen LogP) is 5.04. The first-order valence-corrected chi connectivity index (χ1v) is 7.46. The number of hydrogen-bond donors (Lipinski definition) is 1. The molecule has 1 heteroatoms. The Morgan fingerprint density at radius 3 is 2.06 bits per heavy atom. The average molecular weight is 247 g/mol. The number of unbranched alkanes of at least 4 members (excludes halogenated alkanes) is 3. The van der Waals surface area contributed by atoms with Crippen molar-refractivity contribution in [2.24, 2.45) is 0 Å². The lowest BCUT2D eigenvalue weighted by Crippen LogP contribution is -2.16. The van der Waals surface area contributed by atoms with Crippen LogP contribution in [0.5, 0.6) is 0 Å². The fourth-order valence-electron chi connectivity index (χ4n) is 2.37. The zero-order valence-electron chi connectivity index (χ0n) is 12.5. The first-order valence-electron chi connectivity index (χ1n) is 7.46. The number of hydrogen-bond acceptors (Lipinski definition) is 1. The van der Waals surface area contributed by atoms with Crippen molar-refractivity contribution in [1.82, 2.24) is 5.32 Å². The average Bonchev–Trinajstić information content (AvgIpc) is 2.39. The minimum atomic E-state index is 0.517. The molecule has 0 spiro atoms. The van der Waals surface area contributed by atoms with Gasteiger partial charge in [-0.1, -0.05) is 70.7 Å². The van der Waals surface area contributed by atoms with Crippen LogP contribution in [-0.2, 0) is 0 Å². The topological polar surface area (TPSA) is 12.0 Å². The zero-order valence-corrected chi connectivity index (χ0v) is 12.5. The van der Waals surface area contributed by atoms with Gasteiger partial charge in [0, 0.05) is 6.04 Å². The van der Waals surface area contributed by atoms with Crippen LogP contribution in [-0.4, -0.2) is 7.05 Å². The first-order chi connectivity index (χ1) is 8.69. The maximum Gasteiger partial charge on any atom is 0.0317 e. The van der Waals surface area contributed by atoms with Crippen LogP contribution in [0.4, 0.5) is 0 Å². The fraction of sp³-hybridized carbons (Fsp3) is 0.647. The molecule has 1 N–H and O–H groups in total. The summed E-state index contributed by atoms with van der Waals surface area (Å²) in [5, 5.41) is 3.44. The summed E-state index contributed by atoms with van der Waals surface area (Å²) in [7, 11) is 2.07. The van der Waals surface area contributed by atoms with Crippen LogP contribution in [0.15, 0.2) is 24.3 Å². The van der Waals surface area contributed by atoms with Gasteiger partial charge in [-0.15, -0.1) is 0 Å². The molecule has 0 radical (unpaired) electrons. The van der Waals surface area contributed by atoms with Crippen molar-refractivity contribution in [3.63, 3.8) is 0 Å². The van der Waals surface area contributed by atoms with E-state index in [1.807, 2.05) is 0 Å². The molecule has 1 unspecified atom stereocenters. The molecule has 102 valence electrons. The lowest BCUT2D eigenvalue weighted by molar-refractivity contribution is 0.505. The minimum Gasteiger partial charge on any atom is -0.313 e. The summed E-state index contributed by atoms with van der Waals surface area (Å²) in [4.78, 5) is 0. The Labute approximate surface area is 113 Å². The van der Waals surface area contributed by atoms with E-state index in [9.17, 15) is 0 Å². The van der Waals surface area contributed by atoms with Gasteiger partial charge in [0.15, 0.2) is 0 Å². The van der Waals surface area contributed by atoms with Gasteiger partial charge in [0.2, 0.25) is 0 Å². The van der Waals surface area contributed by atoms with Gasteiger partial charge in [-0.05, 0) is 30.5 Å². The van der Waals surface area contributed by atoms with Crippen LogP contribution < -0.4 is 5.32 Å². The van der Waals surface area contributed by atoms with Crippen LogP contribution in [0.25, 0.3) is 0 Å². The number of nitrogens with one attached hydrogen (secondary N) is 1. The Kier molecular flexibility index (Phi) is 7.04. The van der Waals surface area contributed by atoms with Crippen LogP contribution in [0, 0.1) is 0 Å². The fourth-order valence-corrected chi connectivity index (χ4v) is 2.37. The van der Waals surface area contributed by atoms with Crippen molar-refractivity contribution in [2.45, 2.75) is 64.8 Å². The Bertz CT molecular complexity index is 313. The molecule has 0 heterocycles. The van der Waals surface area contributed by atoms with Crippen molar-refractivity contribution in [2.75, 3.05) is 7.05 Å². The molecule has 1 atom stereocenters. The summed E-state index contributed by atoms with van der Waals surface area (Å²) in [6.07, 6.45) is 6.61. The van der Waals surface area contributed by atoms with Crippen molar-refractivity contribution >= 4 is 0 Å². The highest BCUT2D eigenvalue weighted by atomic mass is 14.9. The van der Waals surface area contributed by atoms with E-state index in [1.54, 1.807) is 0 Å². The maximum atomic E-state index is 3.44. The van der Waals surface area contributed by atoms with E-state index in [1.165, 1.54) is 43.2 Å². The zero-order chi connectivity index (χ0) is 13.4. The van der Waals surface area contributed by atoms with E-state index < -0.39 is 0 Å². The third-order valence-corrected chi connectivity index (χ3v) is 3.70. The van der Waals surface area contributed by atoms with E-state index in [0.717, 1.165) is 0 Å². The largest absolute Gasteiger partial charge is 0.313 e. The van der Waals surface area contributed by atoms with E-state index in [2.05, 4.69) is 57.4 Å². The first kappa shape index (κ1) is 15.2. The molecule has 0 aromatic heterocycles. The van der Waals surface area contributed by atoms with Crippen LogP contribution in [0.1, 0.15) is 76.0 Å². The highest BCUT2D eigenvalue weighted by Crippen LogP contribution is 2.22. The lowest BCUT2D eigenvalue weighted by Gasteiger charge is -2.17. The van der Waals surface area contributed by atoms with Crippen molar-refractivity contribution in [1.29, 1.82) is 0 Å². The summed E-state index contributed by atoms with van der Waals surface area (Å²) < 4.78 is 0. The Hall–Kier alpha value is -0.820. The summed E-state index contributed by atoms with van der Waals surface area (Å²) in [5.41, 5.74) is 2.86. The van der Waals surface area contributed by atoms with Crippen molar-refractivity contribution in [3.05, 3.63) is 35.4 Å². The molecule has 1 nitrogen and oxygen atoms in total. The molecule has 0 amide bonds. The van der Waals surface area contributed by atoms with Crippen LogP contribution >= 0.6 is 0 Å². The summed E-state index contributed by atoms with van der Waals surface area (Å²) in [6, 6.07) is 9.64. The van der Waals surface area contributed by atoms with Gasteiger partial charge in [-0.3, -0.25) is 0 Å². The molecule has 18 heavy (non-hydrogen) atoms. The van der Waals surface area contributed by atoms with Gasteiger partial charge in [0.05, 0.1) is 0 Å². The molecule has 0 aliphatic carbocycles. The normalized spacial score (nSPS) is 12.9. The molecule has 1 aromatic rings. The smallest absolute Gasteiger partial charge is 0.0317 e. The van der Waals surface area contributed by atoms with Crippen LogP contribution in [0.3, 0.4) is 0 Å². The molecule has 0 saturated heterocycles. The van der Waals surface area contributed by atoms with Gasteiger partial charge in [0.1, 0.15) is 0 Å². The lowest BCUT2D eigenvalue weighted by atomic mass is 9.96. The van der Waals surface area contributed by atoms with Crippen molar-refractivity contribution < 1.29 is 0 Å². The number of benzene rings is 1. The second kappa shape index (κ2) is 8.31. The molecule has 0 saturated carbocycles. The Morgan fingerprint density at radius 1 is 0.944 bits per heavy atom. The number of rotatable bonds is 8. The van der Waals surface area contributed by atoms with Crippen LogP contribution in [0.2, 0.25) is 0 Å². The molecule has 0 fully saturated rings. The summed E-state index contributed by atoms with van der Waals surface area (Å²) in [5.74, 6) is 0.622. The molecule has 1 rings (SSSR count). The highest BCUT2D eigenvalue weighted by molar-refractivity contribution is 5.26. The van der Waals surface area contributed by atoms with Gasteiger partial charge in [-0.2, -0.15) is 0 Å². The second-order valence-electron chi connectivity index (χ2n) is 5.51. The second-order valence-corrected chi connectivity index (χ2v) is 5.51. The summed E-state index contributed by atoms with van der Waals surface area (Å²) in [6.45, 7) is 6.75. The van der Waals surface area contributed by atoms with E-state index in [4.69, 9.17) is 0 Å². The van der Waals surface area contributed by atoms with Crippen molar-refractivity contribution in [3.8, 4) is 0 Å². The molecular formula is C17H29N. The molecule has 0 aliphatic rings. The van der Waals surface area contributed by atoms with Gasteiger partial charge >= 0.3 is 0 Å². The summed E-state index contributed by atoms with van der Waals surface area (Å²) >= 11 is 0. The predicted molar refractivity (Wildman–Crippen MR) is 81.1 cm³/mol. The maximum absolute atomic E-state index is 3.44. The molecule has 1 aromatic carbocycles. The monoisotopic (exact) mass is 247 g/mol. The SMILES string of the molecule is CCCCCCC(NC)c1ccc(C(C)C)cc1. The standard InChI is InChI=1S/C17H29N/c1-5-6-7-8-9-17(18-4)16-12-10-15(11-13-16)14(2)3/h10-14,17-18H,5-9H2,1-4H3. The Balaban J connectivity index is 2.53. The quantitative estimate of drug-likeness (QED) is 0.634.